The third kappa shape index (κ3) is 3.23. The first kappa shape index (κ1) is 22.7. The van der Waals surface area contributed by atoms with Crippen molar-refractivity contribution in [2.45, 2.75) is 130 Å². The van der Waals surface area contributed by atoms with Gasteiger partial charge in [0.2, 0.25) is 0 Å². The Bertz CT molecular complexity index is 674. The van der Waals surface area contributed by atoms with Gasteiger partial charge in [-0.1, -0.05) is 54.4 Å². The van der Waals surface area contributed by atoms with E-state index in [0.717, 1.165) is 54.3 Å². The van der Waals surface area contributed by atoms with Crippen LogP contribution >= 0.6 is 0 Å². The molecule has 1 N–H and O–H groups in total. The third-order valence-electron chi connectivity index (χ3n) is 12.3. The number of aliphatic hydroxyl groups excluding tert-OH is 1. The SMILES string of the molecule is CC[C@H](CC[C@@H](C)[C@H]1CC[C@H]2[C@@H]3C[C@H]4O[C@]45C[C@@H](O)CC[C@]5(C)[C@H]3CC[C@]12C)C(C)C. The van der Waals surface area contributed by atoms with Crippen LogP contribution in [0.5, 0.6) is 0 Å². The van der Waals surface area contributed by atoms with Gasteiger partial charge < -0.3 is 9.84 Å². The van der Waals surface area contributed by atoms with Crippen molar-refractivity contribution in [3.8, 4) is 0 Å². The van der Waals surface area contributed by atoms with Gasteiger partial charge in [-0.3, -0.25) is 0 Å². The van der Waals surface area contributed by atoms with Gasteiger partial charge in [0.05, 0.1) is 12.2 Å². The molecule has 11 atom stereocenters. The molecule has 0 radical (unpaired) electrons. The van der Waals surface area contributed by atoms with Crippen LogP contribution in [0, 0.1) is 52.3 Å². The number of ether oxygens (including phenoxy) is 1. The zero-order valence-electron chi connectivity index (χ0n) is 21.3. The molecule has 1 saturated heterocycles. The molecule has 1 spiro atoms. The fourth-order valence-electron chi connectivity index (χ4n) is 10.3. The minimum atomic E-state index is -0.127. The van der Waals surface area contributed by atoms with Crippen molar-refractivity contribution in [3.63, 3.8) is 0 Å². The lowest BCUT2D eigenvalue weighted by Gasteiger charge is -2.59. The Kier molecular flexibility index (Phi) is 5.66. The zero-order chi connectivity index (χ0) is 22.2. The molecule has 1 aliphatic heterocycles. The van der Waals surface area contributed by atoms with E-state index in [0.29, 0.717) is 16.9 Å². The summed E-state index contributed by atoms with van der Waals surface area (Å²) in [6.45, 7) is 15.1. The first-order valence-electron chi connectivity index (χ1n) is 14.0. The molecule has 0 aromatic carbocycles. The highest BCUT2D eigenvalue weighted by Crippen LogP contribution is 2.74. The molecule has 5 fully saturated rings. The Balaban J connectivity index is 1.31. The predicted octanol–water partition coefficient (Wildman–Crippen LogP) is 7.24. The molecule has 4 saturated carbocycles. The highest BCUT2D eigenvalue weighted by atomic mass is 16.6. The number of hydrogen-bond donors (Lipinski definition) is 1. The van der Waals surface area contributed by atoms with Crippen LogP contribution in [0.2, 0.25) is 0 Å². The molecule has 0 unspecified atom stereocenters. The number of hydrogen-bond acceptors (Lipinski definition) is 2. The largest absolute Gasteiger partial charge is 0.393 e. The Morgan fingerprint density at radius 3 is 2.45 bits per heavy atom. The summed E-state index contributed by atoms with van der Waals surface area (Å²) in [5, 5.41) is 10.4. The third-order valence-corrected chi connectivity index (χ3v) is 12.3. The van der Waals surface area contributed by atoms with E-state index >= 15 is 0 Å². The lowest BCUT2D eigenvalue weighted by molar-refractivity contribution is -0.116. The predicted molar refractivity (Wildman–Crippen MR) is 128 cm³/mol. The van der Waals surface area contributed by atoms with E-state index in [2.05, 4.69) is 41.5 Å². The molecule has 2 heteroatoms. The Labute approximate surface area is 192 Å². The quantitative estimate of drug-likeness (QED) is 0.451. The summed E-state index contributed by atoms with van der Waals surface area (Å²) in [6, 6.07) is 0. The monoisotopic (exact) mass is 430 g/mol. The van der Waals surface area contributed by atoms with Crippen LogP contribution in [0.25, 0.3) is 0 Å². The smallest absolute Gasteiger partial charge is 0.103 e. The van der Waals surface area contributed by atoms with Crippen molar-refractivity contribution in [2.75, 3.05) is 0 Å². The van der Waals surface area contributed by atoms with Gasteiger partial charge in [0.25, 0.3) is 0 Å². The van der Waals surface area contributed by atoms with Crippen LogP contribution in [0.3, 0.4) is 0 Å². The summed E-state index contributed by atoms with van der Waals surface area (Å²) in [5.41, 5.74) is 0.910. The van der Waals surface area contributed by atoms with Gasteiger partial charge in [0.15, 0.2) is 0 Å². The molecular formula is C29H50O2. The normalized spacial score (nSPS) is 52.6. The minimum Gasteiger partial charge on any atom is -0.393 e. The van der Waals surface area contributed by atoms with Crippen molar-refractivity contribution < 1.29 is 9.84 Å². The van der Waals surface area contributed by atoms with E-state index in [9.17, 15) is 5.11 Å². The Morgan fingerprint density at radius 2 is 1.74 bits per heavy atom. The fraction of sp³-hybridized carbons (Fsp3) is 1.00. The van der Waals surface area contributed by atoms with Crippen molar-refractivity contribution in [1.82, 2.24) is 0 Å². The molecule has 0 amide bonds. The first-order valence-corrected chi connectivity index (χ1v) is 14.0. The number of fused-ring (bicyclic) bond motifs is 4. The topological polar surface area (TPSA) is 32.8 Å². The van der Waals surface area contributed by atoms with E-state index < -0.39 is 0 Å². The second-order valence-electron chi connectivity index (χ2n) is 13.6. The summed E-state index contributed by atoms with van der Waals surface area (Å²) in [6.07, 6.45) is 14.7. The maximum absolute atomic E-state index is 10.4. The highest BCUT2D eigenvalue weighted by molar-refractivity contribution is 5.24. The lowest BCUT2D eigenvalue weighted by atomic mass is 9.44. The maximum atomic E-state index is 10.4. The fourth-order valence-corrected chi connectivity index (χ4v) is 10.3. The highest BCUT2D eigenvalue weighted by Gasteiger charge is 2.76. The summed E-state index contributed by atoms with van der Waals surface area (Å²) < 4.78 is 6.53. The van der Waals surface area contributed by atoms with Crippen LogP contribution in [0.1, 0.15) is 112 Å². The van der Waals surface area contributed by atoms with E-state index in [1.54, 1.807) is 0 Å². The van der Waals surface area contributed by atoms with Gasteiger partial charge >= 0.3 is 0 Å². The molecule has 5 rings (SSSR count). The Morgan fingerprint density at radius 1 is 0.968 bits per heavy atom. The van der Waals surface area contributed by atoms with Crippen molar-refractivity contribution in [1.29, 1.82) is 0 Å². The average molecular weight is 431 g/mol. The molecule has 31 heavy (non-hydrogen) atoms. The van der Waals surface area contributed by atoms with Crippen LogP contribution in [-0.4, -0.2) is 22.9 Å². The molecular weight excluding hydrogens is 380 g/mol. The van der Waals surface area contributed by atoms with Crippen LogP contribution in [0.4, 0.5) is 0 Å². The summed E-state index contributed by atoms with van der Waals surface area (Å²) in [4.78, 5) is 0. The average Bonchev–Trinajstić information content (AvgIpc) is 3.29. The van der Waals surface area contributed by atoms with Crippen molar-refractivity contribution >= 4 is 0 Å². The van der Waals surface area contributed by atoms with Crippen molar-refractivity contribution in [2.24, 2.45) is 52.3 Å². The second-order valence-corrected chi connectivity index (χ2v) is 13.6. The number of rotatable bonds is 6. The zero-order valence-corrected chi connectivity index (χ0v) is 21.3. The van der Waals surface area contributed by atoms with E-state index in [1.165, 1.54) is 57.8 Å². The molecule has 4 aliphatic carbocycles. The summed E-state index contributed by atoms with van der Waals surface area (Å²) in [5.74, 6) is 6.15. The molecule has 0 aromatic heterocycles. The Hall–Kier alpha value is -0.0800. The molecule has 5 aliphatic rings. The molecule has 0 bridgehead atoms. The minimum absolute atomic E-state index is 0.0386. The van der Waals surface area contributed by atoms with E-state index in [1.807, 2.05) is 0 Å². The summed E-state index contributed by atoms with van der Waals surface area (Å²) >= 11 is 0. The van der Waals surface area contributed by atoms with Gasteiger partial charge in [-0.05, 0) is 98.2 Å². The van der Waals surface area contributed by atoms with E-state index in [4.69, 9.17) is 4.74 Å². The number of aliphatic hydroxyl groups is 1. The summed E-state index contributed by atoms with van der Waals surface area (Å²) in [7, 11) is 0. The van der Waals surface area contributed by atoms with Gasteiger partial charge in [-0.25, -0.2) is 0 Å². The van der Waals surface area contributed by atoms with Crippen LogP contribution in [-0.2, 0) is 4.74 Å². The molecule has 1 heterocycles. The lowest BCUT2D eigenvalue weighted by Crippen LogP contribution is -2.58. The standard InChI is InChI=1S/C29H50O2/c1-7-20(18(2)3)9-8-19(4)23-10-11-24-22-16-26-29(31-26)17-21(30)12-15-28(29,6)25(22)13-14-27(23,24)5/h18-26,30H,7-17H2,1-6H3/t19-,20-,21+,22+,23-,24+,25+,26-,27-,28-,29-/m1/s1. The maximum Gasteiger partial charge on any atom is 0.103 e. The second kappa shape index (κ2) is 7.72. The van der Waals surface area contributed by atoms with Crippen LogP contribution in [0.15, 0.2) is 0 Å². The van der Waals surface area contributed by atoms with Gasteiger partial charge in [-0.2, -0.15) is 0 Å². The first-order chi connectivity index (χ1) is 14.7. The number of epoxide rings is 1. The van der Waals surface area contributed by atoms with Gasteiger partial charge in [0, 0.05) is 11.8 Å². The molecule has 2 nitrogen and oxygen atoms in total. The van der Waals surface area contributed by atoms with Crippen LogP contribution < -0.4 is 0 Å². The molecule has 0 aromatic rings. The van der Waals surface area contributed by atoms with Gasteiger partial charge in [0.1, 0.15) is 5.60 Å². The van der Waals surface area contributed by atoms with E-state index in [-0.39, 0.29) is 11.7 Å². The van der Waals surface area contributed by atoms with Gasteiger partial charge in [-0.15, -0.1) is 0 Å². The van der Waals surface area contributed by atoms with Crippen molar-refractivity contribution in [3.05, 3.63) is 0 Å². The molecule has 178 valence electrons.